The SMILES string of the molecule is Cc1ccc(-c2ccc(F)c(F)c2)nc1CN1C=CNC1. The Morgan fingerprint density at radius 2 is 2.05 bits per heavy atom. The zero-order valence-electron chi connectivity index (χ0n) is 11.6. The van der Waals surface area contributed by atoms with Crippen LogP contribution in [0.25, 0.3) is 11.3 Å². The van der Waals surface area contributed by atoms with Crippen LogP contribution in [-0.4, -0.2) is 16.6 Å². The molecule has 0 amide bonds. The van der Waals surface area contributed by atoms with E-state index in [1.165, 1.54) is 12.1 Å². The molecule has 3 rings (SSSR count). The van der Waals surface area contributed by atoms with E-state index in [9.17, 15) is 8.78 Å². The number of pyridine rings is 1. The van der Waals surface area contributed by atoms with Crippen molar-refractivity contribution in [1.82, 2.24) is 15.2 Å². The molecule has 0 aliphatic carbocycles. The van der Waals surface area contributed by atoms with Crippen LogP contribution in [-0.2, 0) is 6.54 Å². The van der Waals surface area contributed by atoms with Gasteiger partial charge in [-0.3, -0.25) is 4.98 Å². The van der Waals surface area contributed by atoms with Crippen molar-refractivity contribution in [3.63, 3.8) is 0 Å². The van der Waals surface area contributed by atoms with Crippen molar-refractivity contribution in [3.8, 4) is 11.3 Å². The van der Waals surface area contributed by atoms with Crippen LogP contribution in [0.1, 0.15) is 11.3 Å². The highest BCUT2D eigenvalue weighted by Crippen LogP contribution is 2.22. The lowest BCUT2D eigenvalue weighted by Gasteiger charge is -2.16. The normalized spacial score (nSPS) is 13.6. The molecule has 0 fully saturated rings. The predicted octanol–water partition coefficient (Wildman–Crippen LogP) is 3.17. The molecular formula is C16H15F2N3. The fourth-order valence-corrected chi connectivity index (χ4v) is 2.23. The minimum atomic E-state index is -0.858. The molecule has 0 bridgehead atoms. The van der Waals surface area contributed by atoms with Gasteiger partial charge in [0.25, 0.3) is 0 Å². The zero-order chi connectivity index (χ0) is 14.8. The highest BCUT2D eigenvalue weighted by Gasteiger charge is 2.11. The molecular weight excluding hydrogens is 272 g/mol. The summed E-state index contributed by atoms with van der Waals surface area (Å²) >= 11 is 0. The first kappa shape index (κ1) is 13.5. The summed E-state index contributed by atoms with van der Waals surface area (Å²) in [4.78, 5) is 6.67. The highest BCUT2D eigenvalue weighted by atomic mass is 19.2. The lowest BCUT2D eigenvalue weighted by Crippen LogP contribution is -2.21. The summed E-state index contributed by atoms with van der Waals surface area (Å²) < 4.78 is 26.4. The van der Waals surface area contributed by atoms with Gasteiger partial charge in [0.15, 0.2) is 11.6 Å². The summed E-state index contributed by atoms with van der Waals surface area (Å²) in [6.45, 7) is 3.41. The third-order valence-corrected chi connectivity index (χ3v) is 3.47. The summed E-state index contributed by atoms with van der Waals surface area (Å²) in [7, 11) is 0. The average molecular weight is 287 g/mol. The van der Waals surface area contributed by atoms with Crippen LogP contribution < -0.4 is 5.32 Å². The van der Waals surface area contributed by atoms with E-state index in [0.29, 0.717) is 17.8 Å². The molecule has 1 aliphatic heterocycles. The number of nitrogens with zero attached hydrogens (tertiary/aromatic N) is 2. The van der Waals surface area contributed by atoms with Crippen LogP contribution in [0.5, 0.6) is 0 Å². The van der Waals surface area contributed by atoms with Gasteiger partial charge in [-0.2, -0.15) is 0 Å². The maximum absolute atomic E-state index is 13.3. The Hall–Kier alpha value is -2.43. The Bertz CT molecular complexity index is 698. The molecule has 2 heterocycles. The largest absolute Gasteiger partial charge is 0.373 e. The van der Waals surface area contributed by atoms with E-state index in [-0.39, 0.29) is 0 Å². The quantitative estimate of drug-likeness (QED) is 0.940. The van der Waals surface area contributed by atoms with E-state index >= 15 is 0 Å². The molecule has 21 heavy (non-hydrogen) atoms. The van der Waals surface area contributed by atoms with Crippen LogP contribution in [0.15, 0.2) is 42.7 Å². The second-order valence-electron chi connectivity index (χ2n) is 5.01. The number of nitrogens with one attached hydrogen (secondary N) is 1. The first-order valence-electron chi connectivity index (χ1n) is 6.69. The number of halogens is 2. The van der Waals surface area contributed by atoms with Crippen molar-refractivity contribution in [2.75, 3.05) is 6.67 Å². The minimum absolute atomic E-state index is 0.574. The molecule has 0 unspecified atom stereocenters. The minimum Gasteiger partial charge on any atom is -0.373 e. The van der Waals surface area contributed by atoms with Crippen molar-refractivity contribution in [3.05, 3.63) is 65.6 Å². The van der Waals surface area contributed by atoms with E-state index in [2.05, 4.69) is 15.2 Å². The lowest BCUT2D eigenvalue weighted by molar-refractivity contribution is 0.379. The monoisotopic (exact) mass is 287 g/mol. The maximum Gasteiger partial charge on any atom is 0.159 e. The molecule has 108 valence electrons. The van der Waals surface area contributed by atoms with E-state index in [4.69, 9.17) is 0 Å². The zero-order valence-corrected chi connectivity index (χ0v) is 11.6. The average Bonchev–Trinajstić information content (AvgIpc) is 2.97. The molecule has 0 spiro atoms. The summed E-state index contributed by atoms with van der Waals surface area (Å²) in [6.07, 6.45) is 3.85. The molecule has 0 radical (unpaired) electrons. The molecule has 1 aromatic heterocycles. The van der Waals surface area contributed by atoms with Crippen molar-refractivity contribution in [2.45, 2.75) is 13.5 Å². The van der Waals surface area contributed by atoms with Crippen LogP contribution in [0.4, 0.5) is 8.78 Å². The second kappa shape index (κ2) is 5.52. The van der Waals surface area contributed by atoms with Gasteiger partial charge in [-0.15, -0.1) is 0 Å². The topological polar surface area (TPSA) is 28.2 Å². The second-order valence-corrected chi connectivity index (χ2v) is 5.01. The van der Waals surface area contributed by atoms with Gasteiger partial charge in [0, 0.05) is 18.0 Å². The van der Waals surface area contributed by atoms with Crippen molar-refractivity contribution in [2.24, 2.45) is 0 Å². The Morgan fingerprint density at radius 1 is 1.19 bits per heavy atom. The van der Waals surface area contributed by atoms with Crippen LogP contribution in [0.3, 0.4) is 0 Å². The van der Waals surface area contributed by atoms with Gasteiger partial charge in [0.05, 0.1) is 24.6 Å². The van der Waals surface area contributed by atoms with Gasteiger partial charge in [0.1, 0.15) is 0 Å². The van der Waals surface area contributed by atoms with Crippen molar-refractivity contribution < 1.29 is 8.78 Å². The first-order chi connectivity index (χ1) is 10.1. The van der Waals surface area contributed by atoms with Crippen LogP contribution in [0.2, 0.25) is 0 Å². The molecule has 5 heteroatoms. The van der Waals surface area contributed by atoms with Gasteiger partial charge in [-0.05, 0) is 36.8 Å². The smallest absolute Gasteiger partial charge is 0.159 e. The van der Waals surface area contributed by atoms with E-state index < -0.39 is 11.6 Å². The highest BCUT2D eigenvalue weighted by molar-refractivity contribution is 5.59. The first-order valence-corrected chi connectivity index (χ1v) is 6.69. The molecule has 0 atom stereocenters. The van der Waals surface area contributed by atoms with Crippen molar-refractivity contribution in [1.29, 1.82) is 0 Å². The Balaban J connectivity index is 1.92. The number of rotatable bonds is 3. The Kier molecular flexibility index (Phi) is 3.56. The molecule has 2 aromatic rings. The maximum atomic E-state index is 13.3. The van der Waals surface area contributed by atoms with Gasteiger partial charge in [-0.1, -0.05) is 6.07 Å². The van der Waals surface area contributed by atoms with Gasteiger partial charge >= 0.3 is 0 Å². The number of aryl methyl sites for hydroxylation is 1. The van der Waals surface area contributed by atoms with Crippen LogP contribution in [0, 0.1) is 18.6 Å². The number of hydrogen-bond donors (Lipinski definition) is 1. The fourth-order valence-electron chi connectivity index (χ4n) is 2.23. The summed E-state index contributed by atoms with van der Waals surface area (Å²) in [6, 6.07) is 7.61. The van der Waals surface area contributed by atoms with E-state index in [1.54, 1.807) is 0 Å². The van der Waals surface area contributed by atoms with Crippen molar-refractivity contribution >= 4 is 0 Å². The summed E-state index contributed by atoms with van der Waals surface area (Å²) in [5.41, 5.74) is 3.21. The van der Waals surface area contributed by atoms with Gasteiger partial charge in [-0.25, -0.2) is 8.78 Å². The predicted molar refractivity (Wildman–Crippen MR) is 77.0 cm³/mol. The summed E-state index contributed by atoms with van der Waals surface area (Å²) in [5, 5.41) is 3.10. The third-order valence-electron chi connectivity index (χ3n) is 3.47. The van der Waals surface area contributed by atoms with Gasteiger partial charge < -0.3 is 10.2 Å². The van der Waals surface area contributed by atoms with E-state index in [0.717, 1.165) is 24.0 Å². The molecule has 1 N–H and O–H groups in total. The van der Waals surface area contributed by atoms with E-state index in [1.807, 2.05) is 31.5 Å². The Labute approximate surface area is 121 Å². The Morgan fingerprint density at radius 3 is 2.76 bits per heavy atom. The lowest BCUT2D eigenvalue weighted by atomic mass is 10.1. The molecule has 3 nitrogen and oxygen atoms in total. The number of aromatic nitrogens is 1. The molecule has 0 saturated carbocycles. The third kappa shape index (κ3) is 2.86. The molecule has 1 aromatic carbocycles. The molecule has 0 saturated heterocycles. The number of benzene rings is 1. The van der Waals surface area contributed by atoms with Crippen LogP contribution >= 0.6 is 0 Å². The number of hydrogen-bond acceptors (Lipinski definition) is 3. The molecule has 1 aliphatic rings. The summed E-state index contributed by atoms with van der Waals surface area (Å²) in [5.74, 6) is -1.71. The van der Waals surface area contributed by atoms with Gasteiger partial charge in [0.2, 0.25) is 0 Å². The standard InChI is InChI=1S/C16H15F2N3/c1-11-2-5-15(12-3-4-13(17)14(18)8-12)20-16(11)9-21-7-6-19-10-21/h2-8,19H,9-10H2,1H3. The fraction of sp³-hybridized carbons (Fsp3) is 0.188.